The van der Waals surface area contributed by atoms with Gasteiger partial charge in [-0.1, -0.05) is 0 Å². The molecule has 0 atom stereocenters. The van der Waals surface area contributed by atoms with Crippen molar-refractivity contribution >= 4 is 11.9 Å². The highest BCUT2D eigenvalue weighted by Crippen LogP contribution is 1.86. The summed E-state index contributed by atoms with van der Waals surface area (Å²) in [6, 6.07) is 3.35. The molecule has 0 saturated heterocycles. The number of hydrogen-bond acceptors (Lipinski definition) is 3. The van der Waals surface area contributed by atoms with Crippen molar-refractivity contribution in [3.63, 3.8) is 0 Å². The van der Waals surface area contributed by atoms with Gasteiger partial charge in [0.15, 0.2) is 0 Å². The molecule has 1 heterocycles. The van der Waals surface area contributed by atoms with Crippen molar-refractivity contribution in [1.82, 2.24) is 4.73 Å². The standard InChI is InChI=1S/C8H7NO4/c10-7(11)3-4-8(12)13-9-5-1-2-6-9/h1-6H,(H,10,11)/b4-3-. The number of carboxylic acids is 1. The second-order valence-electron chi connectivity index (χ2n) is 2.12. The van der Waals surface area contributed by atoms with Crippen molar-refractivity contribution in [3.8, 4) is 0 Å². The highest BCUT2D eigenvalue weighted by Gasteiger charge is 1.98. The molecule has 5 nitrogen and oxygen atoms in total. The van der Waals surface area contributed by atoms with E-state index < -0.39 is 11.9 Å². The molecule has 0 aliphatic rings. The third kappa shape index (κ3) is 3.24. The average molecular weight is 181 g/mol. The summed E-state index contributed by atoms with van der Waals surface area (Å²) in [6.45, 7) is 0. The molecule has 0 amide bonds. The zero-order chi connectivity index (χ0) is 9.68. The first-order chi connectivity index (χ1) is 6.18. The van der Waals surface area contributed by atoms with Gasteiger partial charge in [0.25, 0.3) is 0 Å². The van der Waals surface area contributed by atoms with E-state index in [0.717, 1.165) is 6.08 Å². The van der Waals surface area contributed by atoms with Crippen molar-refractivity contribution in [2.75, 3.05) is 0 Å². The SMILES string of the molecule is O=C(O)/C=C\C(=O)On1cccc1. The summed E-state index contributed by atoms with van der Waals surface area (Å²) in [5.41, 5.74) is 0. The summed E-state index contributed by atoms with van der Waals surface area (Å²) < 4.78 is 1.18. The lowest BCUT2D eigenvalue weighted by atomic mass is 10.5. The maximum atomic E-state index is 10.8. The van der Waals surface area contributed by atoms with E-state index in [-0.39, 0.29) is 0 Å². The number of rotatable bonds is 3. The van der Waals surface area contributed by atoms with Crippen LogP contribution in [0.2, 0.25) is 0 Å². The predicted octanol–water partition coefficient (Wildman–Crippen LogP) is 0.0841. The maximum Gasteiger partial charge on any atom is 0.356 e. The Morgan fingerprint density at radius 3 is 2.38 bits per heavy atom. The molecular formula is C8H7NO4. The quantitative estimate of drug-likeness (QED) is 0.670. The summed E-state index contributed by atoms with van der Waals surface area (Å²) in [6.07, 6.45) is 4.59. The lowest BCUT2D eigenvalue weighted by molar-refractivity contribution is -0.139. The fourth-order valence-corrected chi connectivity index (χ4v) is 0.653. The van der Waals surface area contributed by atoms with Crippen molar-refractivity contribution in [3.05, 3.63) is 36.7 Å². The molecule has 0 aliphatic carbocycles. The van der Waals surface area contributed by atoms with Crippen LogP contribution in [-0.2, 0) is 9.59 Å². The van der Waals surface area contributed by atoms with Gasteiger partial charge in [0.05, 0.1) is 0 Å². The summed E-state index contributed by atoms with van der Waals surface area (Å²) in [5.74, 6) is -1.93. The summed E-state index contributed by atoms with van der Waals surface area (Å²) in [7, 11) is 0. The molecule has 0 aliphatic heterocycles. The lowest BCUT2D eigenvalue weighted by Crippen LogP contribution is -2.15. The predicted molar refractivity (Wildman–Crippen MR) is 42.8 cm³/mol. The number of aliphatic carboxylic acids is 1. The normalized spacial score (nSPS) is 10.2. The number of carboxylic acid groups (broad SMARTS) is 1. The van der Waals surface area contributed by atoms with Gasteiger partial charge in [-0.25, -0.2) is 9.59 Å². The Balaban J connectivity index is 2.47. The Labute approximate surface area is 73.8 Å². The minimum Gasteiger partial charge on any atom is -0.478 e. The van der Waals surface area contributed by atoms with E-state index in [0.29, 0.717) is 6.08 Å². The molecule has 0 fully saturated rings. The highest BCUT2D eigenvalue weighted by atomic mass is 16.7. The molecule has 1 aromatic heterocycles. The molecule has 0 aromatic carbocycles. The van der Waals surface area contributed by atoms with Crippen LogP contribution in [0.15, 0.2) is 36.7 Å². The van der Waals surface area contributed by atoms with Gasteiger partial charge in [0, 0.05) is 24.5 Å². The third-order valence-electron chi connectivity index (χ3n) is 1.13. The summed E-state index contributed by atoms with van der Waals surface area (Å²) >= 11 is 0. The second kappa shape index (κ2) is 4.10. The molecule has 13 heavy (non-hydrogen) atoms. The van der Waals surface area contributed by atoms with Crippen molar-refractivity contribution < 1.29 is 19.5 Å². The Kier molecular flexibility index (Phi) is 2.86. The van der Waals surface area contributed by atoms with Crippen molar-refractivity contribution in [2.24, 2.45) is 0 Å². The second-order valence-corrected chi connectivity index (χ2v) is 2.12. The van der Waals surface area contributed by atoms with Gasteiger partial charge in [-0.3, -0.25) is 0 Å². The van der Waals surface area contributed by atoms with Crippen molar-refractivity contribution in [1.29, 1.82) is 0 Å². The van der Waals surface area contributed by atoms with Crippen LogP contribution >= 0.6 is 0 Å². The molecular weight excluding hydrogens is 174 g/mol. The van der Waals surface area contributed by atoms with E-state index in [1.165, 1.54) is 17.1 Å². The van der Waals surface area contributed by atoms with Crippen LogP contribution in [0.25, 0.3) is 0 Å². The molecule has 0 saturated carbocycles. The number of hydrogen-bond donors (Lipinski definition) is 1. The minimum atomic E-state index is -1.19. The maximum absolute atomic E-state index is 10.8. The first-order valence-electron chi connectivity index (χ1n) is 3.45. The minimum absolute atomic E-state index is 0.714. The fourth-order valence-electron chi connectivity index (χ4n) is 0.653. The van der Waals surface area contributed by atoms with Gasteiger partial charge in [0.2, 0.25) is 0 Å². The summed E-state index contributed by atoms with van der Waals surface area (Å²) in [4.78, 5) is 25.5. The van der Waals surface area contributed by atoms with E-state index in [4.69, 9.17) is 5.11 Å². The zero-order valence-corrected chi connectivity index (χ0v) is 6.58. The van der Waals surface area contributed by atoms with Crippen LogP contribution in [0, 0.1) is 0 Å². The van der Waals surface area contributed by atoms with E-state index in [1.54, 1.807) is 12.1 Å². The van der Waals surface area contributed by atoms with E-state index in [1.807, 2.05) is 0 Å². The molecule has 1 N–H and O–H groups in total. The summed E-state index contributed by atoms with van der Waals surface area (Å²) in [5, 5.41) is 8.19. The molecule has 1 rings (SSSR count). The van der Waals surface area contributed by atoms with Gasteiger partial charge in [0.1, 0.15) is 0 Å². The zero-order valence-electron chi connectivity index (χ0n) is 6.58. The Bertz CT molecular complexity index is 326. The first-order valence-corrected chi connectivity index (χ1v) is 3.45. The Morgan fingerprint density at radius 2 is 1.85 bits per heavy atom. The molecule has 0 bridgehead atoms. The highest BCUT2D eigenvalue weighted by molar-refractivity contribution is 5.90. The molecule has 1 aromatic rings. The van der Waals surface area contributed by atoms with Crippen LogP contribution in [0.3, 0.4) is 0 Å². The van der Waals surface area contributed by atoms with E-state index >= 15 is 0 Å². The van der Waals surface area contributed by atoms with Gasteiger partial charge in [-0.05, 0) is 12.1 Å². The van der Waals surface area contributed by atoms with E-state index in [2.05, 4.69) is 4.84 Å². The monoisotopic (exact) mass is 181 g/mol. The lowest BCUT2D eigenvalue weighted by Gasteiger charge is -1.98. The number of aromatic nitrogens is 1. The Morgan fingerprint density at radius 1 is 1.23 bits per heavy atom. The number of carbonyl (C=O) groups is 2. The molecule has 0 radical (unpaired) electrons. The molecule has 0 spiro atoms. The topological polar surface area (TPSA) is 68.5 Å². The fraction of sp³-hybridized carbons (Fsp3) is 0. The van der Waals surface area contributed by atoms with E-state index in [9.17, 15) is 9.59 Å². The first kappa shape index (κ1) is 9.05. The number of carbonyl (C=O) groups excluding carboxylic acids is 1. The largest absolute Gasteiger partial charge is 0.478 e. The van der Waals surface area contributed by atoms with Gasteiger partial charge in [-0.2, -0.15) is 4.73 Å². The number of nitrogens with zero attached hydrogens (tertiary/aromatic N) is 1. The van der Waals surface area contributed by atoms with Gasteiger partial charge in [-0.15, -0.1) is 0 Å². The van der Waals surface area contributed by atoms with Crippen LogP contribution in [0.5, 0.6) is 0 Å². The van der Waals surface area contributed by atoms with Crippen LogP contribution < -0.4 is 4.84 Å². The molecule has 5 heteroatoms. The average Bonchev–Trinajstić information content (AvgIpc) is 2.53. The van der Waals surface area contributed by atoms with Crippen LogP contribution in [0.4, 0.5) is 0 Å². The van der Waals surface area contributed by atoms with Gasteiger partial charge < -0.3 is 9.94 Å². The molecule has 0 unspecified atom stereocenters. The van der Waals surface area contributed by atoms with Crippen LogP contribution in [0.1, 0.15) is 0 Å². The smallest absolute Gasteiger partial charge is 0.356 e. The van der Waals surface area contributed by atoms with Crippen LogP contribution in [-0.4, -0.2) is 21.8 Å². The van der Waals surface area contributed by atoms with Gasteiger partial charge >= 0.3 is 11.9 Å². The van der Waals surface area contributed by atoms with Crippen molar-refractivity contribution in [2.45, 2.75) is 0 Å². The Hall–Kier alpha value is -2.04. The molecule has 68 valence electrons. The third-order valence-corrected chi connectivity index (χ3v) is 1.13.